The number of urea groups is 1. The Morgan fingerprint density at radius 1 is 0.879 bits per heavy atom. The highest BCUT2D eigenvalue weighted by Crippen LogP contribution is 2.34. The molecule has 7 nitrogen and oxygen atoms in total. The van der Waals surface area contributed by atoms with Crippen molar-refractivity contribution in [3.8, 4) is 10.4 Å². The molecule has 1 aliphatic carbocycles. The summed E-state index contributed by atoms with van der Waals surface area (Å²) in [5, 5.41) is 21.2. The number of hydrogen-bond donors (Lipinski definition) is 3. The molecule has 1 heterocycles. The van der Waals surface area contributed by atoms with Crippen molar-refractivity contribution in [3.63, 3.8) is 0 Å². The van der Waals surface area contributed by atoms with Crippen LogP contribution in [0.25, 0.3) is 10.4 Å². The van der Waals surface area contributed by atoms with Crippen LogP contribution in [0, 0.1) is 0 Å². The number of nitrogens with zero attached hydrogens (tertiary/aromatic N) is 1. The van der Waals surface area contributed by atoms with Crippen molar-refractivity contribution < 1.29 is 24.6 Å². The third kappa shape index (κ3) is 5.23. The van der Waals surface area contributed by atoms with Gasteiger partial charge in [-0.2, -0.15) is 0 Å². The van der Waals surface area contributed by atoms with Gasteiger partial charge in [-0.1, -0.05) is 31.4 Å². The van der Waals surface area contributed by atoms with Crippen LogP contribution in [0.2, 0.25) is 0 Å². The Morgan fingerprint density at radius 3 is 2.24 bits per heavy atom. The van der Waals surface area contributed by atoms with Crippen molar-refractivity contribution in [2.24, 2.45) is 0 Å². The van der Waals surface area contributed by atoms with E-state index < -0.39 is 11.9 Å². The molecule has 33 heavy (non-hydrogen) atoms. The Hall–Kier alpha value is -3.65. The molecule has 1 aliphatic rings. The monoisotopic (exact) mass is 464 g/mol. The number of rotatable bonds is 6. The Bertz CT molecular complexity index is 1170. The number of anilines is 2. The van der Waals surface area contributed by atoms with Gasteiger partial charge >= 0.3 is 18.0 Å². The molecular weight excluding hydrogens is 440 g/mol. The molecule has 3 aromatic rings. The third-order valence-corrected chi connectivity index (χ3v) is 6.89. The molecule has 0 aliphatic heterocycles. The molecule has 0 radical (unpaired) electrons. The minimum absolute atomic E-state index is 0.0465. The van der Waals surface area contributed by atoms with Gasteiger partial charge in [-0.3, -0.25) is 4.90 Å². The van der Waals surface area contributed by atoms with Crippen LogP contribution in [-0.4, -0.2) is 34.2 Å². The average molecular weight is 465 g/mol. The lowest BCUT2D eigenvalue weighted by Crippen LogP contribution is -2.44. The molecule has 3 N–H and O–H groups in total. The van der Waals surface area contributed by atoms with Gasteiger partial charge in [-0.15, -0.1) is 11.3 Å². The van der Waals surface area contributed by atoms with Gasteiger partial charge in [0.05, 0.1) is 5.56 Å². The van der Waals surface area contributed by atoms with Crippen molar-refractivity contribution in [1.82, 2.24) is 0 Å². The summed E-state index contributed by atoms with van der Waals surface area (Å²) >= 11 is 1.20. The minimum atomic E-state index is -1.02. The summed E-state index contributed by atoms with van der Waals surface area (Å²) in [5.74, 6) is -1.98. The van der Waals surface area contributed by atoms with E-state index in [-0.39, 0.29) is 22.5 Å². The number of hydrogen-bond acceptors (Lipinski definition) is 4. The van der Waals surface area contributed by atoms with E-state index in [1.165, 1.54) is 23.5 Å². The highest BCUT2D eigenvalue weighted by atomic mass is 32.1. The zero-order valence-corrected chi connectivity index (χ0v) is 18.7. The summed E-state index contributed by atoms with van der Waals surface area (Å²) < 4.78 is 0. The number of aromatic carboxylic acids is 2. The van der Waals surface area contributed by atoms with Crippen molar-refractivity contribution in [1.29, 1.82) is 0 Å². The average Bonchev–Trinajstić information content (AvgIpc) is 3.31. The van der Waals surface area contributed by atoms with Crippen molar-refractivity contribution in [3.05, 3.63) is 71.1 Å². The standard InChI is InChI=1S/C25H24N2O5S/c28-23(29)16-9-11-18(12-10-16)26-25(32)27(19-6-2-1-3-7-19)20-8-4-5-17(15-20)21-13-14-22(33-21)24(30)31/h4-5,8-15,19H,1-3,6-7H2,(H,26,32)(H,28,29)(H,30,31). The highest BCUT2D eigenvalue weighted by molar-refractivity contribution is 7.17. The summed E-state index contributed by atoms with van der Waals surface area (Å²) in [4.78, 5) is 38.6. The number of carbonyl (C=O) groups excluding carboxylic acids is 1. The highest BCUT2D eigenvalue weighted by Gasteiger charge is 2.27. The summed E-state index contributed by atoms with van der Waals surface area (Å²) in [6.07, 6.45) is 5.05. The smallest absolute Gasteiger partial charge is 0.345 e. The van der Waals surface area contributed by atoms with Crippen molar-refractivity contribution in [2.75, 3.05) is 10.2 Å². The lowest BCUT2D eigenvalue weighted by atomic mass is 9.93. The predicted octanol–water partition coefficient (Wildman–Crippen LogP) is 6.18. The van der Waals surface area contributed by atoms with E-state index in [0.29, 0.717) is 5.69 Å². The first-order valence-electron chi connectivity index (χ1n) is 10.8. The Kier molecular flexibility index (Phi) is 6.74. The SMILES string of the molecule is O=C(O)c1ccc(NC(=O)N(c2cccc(-c3ccc(C(=O)O)s3)c2)C2CCCCC2)cc1. The van der Waals surface area contributed by atoms with E-state index in [9.17, 15) is 19.5 Å². The van der Waals surface area contributed by atoms with Crippen LogP contribution in [-0.2, 0) is 0 Å². The maximum atomic E-state index is 13.4. The van der Waals surface area contributed by atoms with E-state index in [1.807, 2.05) is 24.3 Å². The number of nitrogens with one attached hydrogen (secondary N) is 1. The molecule has 0 spiro atoms. The second-order valence-electron chi connectivity index (χ2n) is 7.99. The number of benzene rings is 2. The molecule has 2 amide bonds. The predicted molar refractivity (Wildman–Crippen MR) is 128 cm³/mol. The van der Waals surface area contributed by atoms with Gasteiger partial charge in [0.2, 0.25) is 0 Å². The second-order valence-corrected chi connectivity index (χ2v) is 9.08. The summed E-state index contributed by atoms with van der Waals surface area (Å²) in [6.45, 7) is 0. The molecule has 2 aromatic carbocycles. The van der Waals surface area contributed by atoms with Gasteiger partial charge in [0.25, 0.3) is 0 Å². The molecule has 170 valence electrons. The lowest BCUT2D eigenvalue weighted by molar-refractivity contribution is 0.0688. The van der Waals surface area contributed by atoms with Crippen LogP contribution in [0.15, 0.2) is 60.7 Å². The van der Waals surface area contributed by atoms with Gasteiger partial charge in [0, 0.05) is 22.3 Å². The van der Waals surface area contributed by atoms with Crippen LogP contribution >= 0.6 is 11.3 Å². The molecule has 1 saturated carbocycles. The van der Waals surface area contributed by atoms with Gasteiger partial charge in [-0.05, 0) is 66.9 Å². The van der Waals surface area contributed by atoms with Crippen LogP contribution in [0.3, 0.4) is 0 Å². The fourth-order valence-corrected chi connectivity index (χ4v) is 4.97. The lowest BCUT2D eigenvalue weighted by Gasteiger charge is -2.34. The number of amides is 2. The van der Waals surface area contributed by atoms with Crippen LogP contribution < -0.4 is 10.2 Å². The van der Waals surface area contributed by atoms with E-state index in [1.54, 1.807) is 29.2 Å². The minimum Gasteiger partial charge on any atom is -0.478 e. The van der Waals surface area contributed by atoms with Gasteiger partial charge in [-0.25, -0.2) is 14.4 Å². The van der Waals surface area contributed by atoms with Crippen molar-refractivity contribution >= 4 is 40.7 Å². The largest absolute Gasteiger partial charge is 0.478 e. The molecule has 0 unspecified atom stereocenters. The molecule has 1 fully saturated rings. The first-order valence-corrected chi connectivity index (χ1v) is 11.6. The first-order chi connectivity index (χ1) is 15.9. The summed E-state index contributed by atoms with van der Waals surface area (Å²) in [5.41, 5.74) is 2.27. The fraction of sp³-hybridized carbons (Fsp3) is 0.240. The molecule has 1 aromatic heterocycles. The maximum Gasteiger partial charge on any atom is 0.345 e. The topological polar surface area (TPSA) is 107 Å². The van der Waals surface area contributed by atoms with Crippen LogP contribution in [0.1, 0.15) is 52.1 Å². The van der Waals surface area contributed by atoms with E-state index in [2.05, 4.69) is 5.32 Å². The zero-order valence-electron chi connectivity index (χ0n) is 17.9. The fourth-order valence-electron chi connectivity index (χ4n) is 4.13. The third-order valence-electron chi connectivity index (χ3n) is 5.77. The molecule has 8 heteroatoms. The van der Waals surface area contributed by atoms with Gasteiger partial charge in [0.15, 0.2) is 0 Å². The molecule has 0 atom stereocenters. The summed E-state index contributed by atoms with van der Waals surface area (Å²) in [7, 11) is 0. The zero-order chi connectivity index (χ0) is 23.4. The van der Waals surface area contributed by atoms with Gasteiger partial charge in [0.1, 0.15) is 4.88 Å². The molecular formula is C25H24N2O5S. The normalized spacial score (nSPS) is 13.9. The van der Waals surface area contributed by atoms with Crippen LogP contribution in [0.5, 0.6) is 0 Å². The Labute approximate surface area is 195 Å². The number of carboxylic acid groups (broad SMARTS) is 2. The maximum absolute atomic E-state index is 13.4. The van der Waals surface area contributed by atoms with Crippen molar-refractivity contribution in [2.45, 2.75) is 38.1 Å². The Balaban J connectivity index is 1.63. The number of carboxylic acids is 2. The van der Waals surface area contributed by atoms with E-state index >= 15 is 0 Å². The summed E-state index contributed by atoms with van der Waals surface area (Å²) in [6, 6.07) is 16.8. The second kappa shape index (κ2) is 9.87. The van der Waals surface area contributed by atoms with Gasteiger partial charge < -0.3 is 15.5 Å². The number of thiophene rings is 1. The first kappa shape index (κ1) is 22.5. The quantitative estimate of drug-likeness (QED) is 0.404. The van der Waals surface area contributed by atoms with E-state index in [0.717, 1.165) is 48.2 Å². The van der Waals surface area contributed by atoms with Crippen LogP contribution in [0.4, 0.5) is 16.2 Å². The van der Waals surface area contributed by atoms with E-state index in [4.69, 9.17) is 5.11 Å². The molecule has 0 bridgehead atoms. The molecule has 4 rings (SSSR count). The Morgan fingerprint density at radius 2 is 1.61 bits per heavy atom. The number of carbonyl (C=O) groups is 3. The molecule has 0 saturated heterocycles.